The molecule has 0 saturated carbocycles. The summed E-state index contributed by atoms with van der Waals surface area (Å²) in [6.07, 6.45) is -3.54. The largest absolute Gasteiger partial charge is 0.444 e. The molecule has 1 atom stereocenters. The van der Waals surface area contributed by atoms with E-state index in [1.807, 2.05) is 0 Å². The fourth-order valence-corrected chi connectivity index (χ4v) is 2.88. The molecule has 8 heteroatoms. The fraction of sp³-hybridized carbons (Fsp3) is 0.524. The summed E-state index contributed by atoms with van der Waals surface area (Å²) < 4.78 is 43.5. The second-order valence-corrected chi connectivity index (χ2v) is 7.86. The molecule has 0 unspecified atom stereocenters. The summed E-state index contributed by atoms with van der Waals surface area (Å²) in [6.45, 7) is 6.15. The number of hydrogen-bond donors (Lipinski definition) is 1. The van der Waals surface area contributed by atoms with Crippen molar-refractivity contribution in [1.29, 1.82) is 0 Å². The summed E-state index contributed by atoms with van der Waals surface area (Å²) in [5.74, 6) is 4.67. The van der Waals surface area contributed by atoms with Crippen molar-refractivity contribution in [2.24, 2.45) is 5.92 Å². The van der Waals surface area contributed by atoms with E-state index in [-0.39, 0.29) is 30.5 Å². The Morgan fingerprint density at radius 2 is 2.00 bits per heavy atom. The third kappa shape index (κ3) is 7.33. The zero-order valence-corrected chi connectivity index (χ0v) is 16.7. The first kappa shape index (κ1) is 22.6. The third-order valence-electron chi connectivity index (χ3n) is 4.22. The van der Waals surface area contributed by atoms with Crippen molar-refractivity contribution in [2.75, 3.05) is 19.6 Å². The lowest BCUT2D eigenvalue weighted by molar-refractivity contribution is -0.137. The molecule has 1 saturated heterocycles. The summed E-state index contributed by atoms with van der Waals surface area (Å²) in [5.41, 5.74) is -1.15. The van der Waals surface area contributed by atoms with Crippen LogP contribution in [0.3, 0.4) is 0 Å². The minimum Gasteiger partial charge on any atom is -0.444 e. The highest BCUT2D eigenvalue weighted by Gasteiger charge is 2.31. The van der Waals surface area contributed by atoms with E-state index in [1.54, 1.807) is 20.8 Å². The van der Waals surface area contributed by atoms with Gasteiger partial charge in [-0.1, -0.05) is 17.9 Å². The van der Waals surface area contributed by atoms with Gasteiger partial charge in [-0.3, -0.25) is 4.79 Å². The van der Waals surface area contributed by atoms with E-state index in [4.69, 9.17) is 4.74 Å². The van der Waals surface area contributed by atoms with Crippen molar-refractivity contribution in [3.05, 3.63) is 35.4 Å². The Morgan fingerprint density at radius 1 is 1.28 bits per heavy atom. The molecule has 1 fully saturated rings. The van der Waals surface area contributed by atoms with Crippen LogP contribution in [-0.2, 0) is 15.7 Å². The lowest BCUT2D eigenvalue weighted by atomic mass is 9.97. The molecule has 2 amide bonds. The maximum atomic E-state index is 12.7. The number of benzene rings is 1. The highest BCUT2D eigenvalue weighted by molar-refractivity contribution is 5.80. The molecule has 1 aliphatic heterocycles. The number of amides is 2. The average Bonchev–Trinajstić information content (AvgIpc) is 2.63. The van der Waals surface area contributed by atoms with Gasteiger partial charge in [0.1, 0.15) is 5.60 Å². The van der Waals surface area contributed by atoms with Crippen molar-refractivity contribution in [3.63, 3.8) is 0 Å². The van der Waals surface area contributed by atoms with Crippen molar-refractivity contribution in [2.45, 2.75) is 45.4 Å². The van der Waals surface area contributed by atoms with Gasteiger partial charge in [0.05, 0.1) is 18.0 Å². The van der Waals surface area contributed by atoms with Crippen molar-refractivity contribution in [3.8, 4) is 11.8 Å². The smallest absolute Gasteiger partial charge is 0.416 e. The number of nitrogens with one attached hydrogen (secondary N) is 1. The third-order valence-corrected chi connectivity index (χ3v) is 4.22. The summed E-state index contributed by atoms with van der Waals surface area (Å²) in [5, 5.41) is 2.66. The molecule has 29 heavy (non-hydrogen) atoms. The number of likely N-dealkylation sites (tertiary alicyclic amines) is 1. The number of ether oxygens (including phenoxy) is 1. The quantitative estimate of drug-likeness (QED) is 0.754. The van der Waals surface area contributed by atoms with E-state index in [0.717, 1.165) is 12.1 Å². The van der Waals surface area contributed by atoms with Crippen LogP contribution in [0.15, 0.2) is 24.3 Å². The number of hydrogen-bond acceptors (Lipinski definition) is 3. The molecule has 158 valence electrons. The van der Waals surface area contributed by atoms with Gasteiger partial charge in [-0.05, 0) is 51.8 Å². The van der Waals surface area contributed by atoms with Gasteiger partial charge in [-0.2, -0.15) is 13.2 Å². The zero-order chi connectivity index (χ0) is 21.7. The van der Waals surface area contributed by atoms with E-state index in [0.29, 0.717) is 19.4 Å². The molecular weight excluding hydrogens is 385 g/mol. The first-order valence-electron chi connectivity index (χ1n) is 9.37. The van der Waals surface area contributed by atoms with Crippen LogP contribution >= 0.6 is 0 Å². The Morgan fingerprint density at radius 3 is 2.66 bits per heavy atom. The lowest BCUT2D eigenvalue weighted by Gasteiger charge is -2.33. The van der Waals surface area contributed by atoms with Gasteiger partial charge >= 0.3 is 12.3 Å². The Kier molecular flexibility index (Phi) is 7.17. The van der Waals surface area contributed by atoms with Crippen LogP contribution in [0.5, 0.6) is 0 Å². The lowest BCUT2D eigenvalue weighted by Crippen LogP contribution is -2.47. The second-order valence-electron chi connectivity index (χ2n) is 7.86. The van der Waals surface area contributed by atoms with E-state index in [9.17, 15) is 22.8 Å². The molecule has 0 aliphatic carbocycles. The van der Waals surface area contributed by atoms with Crippen LogP contribution in [0.2, 0.25) is 0 Å². The number of carbonyl (C=O) groups is 2. The molecule has 1 heterocycles. The van der Waals surface area contributed by atoms with Crippen LogP contribution in [0.25, 0.3) is 0 Å². The zero-order valence-electron chi connectivity index (χ0n) is 16.7. The summed E-state index contributed by atoms with van der Waals surface area (Å²) in [4.78, 5) is 26.0. The molecule has 0 radical (unpaired) electrons. The normalized spacial score (nSPS) is 17.2. The van der Waals surface area contributed by atoms with Gasteiger partial charge in [0.2, 0.25) is 5.91 Å². The predicted octanol–water partition coefficient (Wildman–Crippen LogP) is 3.82. The minimum atomic E-state index is -4.42. The SMILES string of the molecule is CC(C)(C)OC(=O)N1CCC[C@H](C(=O)NCC#Cc2cccc(C(F)(F)F)c2)C1. The number of halogens is 3. The number of piperidine rings is 1. The standard InChI is InChI=1S/C21H25F3N2O3/c1-20(2,3)29-19(28)26-12-6-9-16(14-26)18(27)25-11-5-8-15-7-4-10-17(13-15)21(22,23)24/h4,7,10,13,16H,6,9,11-12,14H2,1-3H3,(H,25,27)/t16-/m0/s1. The van der Waals surface area contributed by atoms with Crippen molar-refractivity contribution < 1.29 is 27.5 Å². The maximum absolute atomic E-state index is 12.7. The van der Waals surface area contributed by atoms with E-state index in [2.05, 4.69) is 17.2 Å². The predicted molar refractivity (Wildman–Crippen MR) is 102 cm³/mol. The van der Waals surface area contributed by atoms with Gasteiger partial charge in [-0.25, -0.2) is 4.79 Å². The second kappa shape index (κ2) is 9.21. The van der Waals surface area contributed by atoms with Crippen LogP contribution in [0.1, 0.15) is 44.7 Å². The summed E-state index contributed by atoms with van der Waals surface area (Å²) in [6, 6.07) is 4.71. The number of nitrogens with zero attached hydrogens (tertiary/aromatic N) is 1. The van der Waals surface area contributed by atoms with Gasteiger partial charge in [0.25, 0.3) is 0 Å². The van der Waals surface area contributed by atoms with E-state index in [1.165, 1.54) is 17.0 Å². The van der Waals surface area contributed by atoms with Crippen molar-refractivity contribution >= 4 is 12.0 Å². The van der Waals surface area contributed by atoms with Crippen molar-refractivity contribution in [1.82, 2.24) is 10.2 Å². The Balaban J connectivity index is 1.87. The summed E-state index contributed by atoms with van der Waals surface area (Å²) in [7, 11) is 0. The van der Waals surface area contributed by atoms with Gasteiger partial charge < -0.3 is 15.0 Å². The van der Waals surface area contributed by atoms with E-state index < -0.39 is 23.4 Å². The van der Waals surface area contributed by atoms with Crippen LogP contribution in [0.4, 0.5) is 18.0 Å². The Hall–Kier alpha value is -2.69. The van der Waals surface area contributed by atoms with E-state index >= 15 is 0 Å². The molecule has 1 aliphatic rings. The van der Waals surface area contributed by atoms with Gasteiger partial charge in [-0.15, -0.1) is 0 Å². The fourth-order valence-electron chi connectivity index (χ4n) is 2.88. The highest BCUT2D eigenvalue weighted by atomic mass is 19.4. The molecule has 1 aromatic rings. The van der Waals surface area contributed by atoms with Crippen LogP contribution in [0, 0.1) is 17.8 Å². The first-order chi connectivity index (χ1) is 13.5. The Bertz CT molecular complexity index is 804. The maximum Gasteiger partial charge on any atom is 0.416 e. The Labute approximate surface area is 168 Å². The average molecular weight is 410 g/mol. The molecule has 0 spiro atoms. The minimum absolute atomic E-state index is 0.0119. The van der Waals surface area contributed by atoms with Gasteiger partial charge in [0.15, 0.2) is 0 Å². The molecular formula is C21H25F3N2O3. The molecule has 0 aromatic heterocycles. The highest BCUT2D eigenvalue weighted by Crippen LogP contribution is 2.29. The van der Waals surface area contributed by atoms with Gasteiger partial charge in [0, 0.05) is 18.7 Å². The monoisotopic (exact) mass is 410 g/mol. The molecule has 5 nitrogen and oxygen atoms in total. The molecule has 0 bridgehead atoms. The number of carbonyl (C=O) groups excluding carboxylic acids is 2. The molecule has 1 N–H and O–H groups in total. The molecule has 2 rings (SSSR count). The number of rotatable bonds is 2. The number of alkyl halides is 3. The van der Waals surface area contributed by atoms with Crippen LogP contribution in [-0.4, -0.2) is 42.1 Å². The summed E-state index contributed by atoms with van der Waals surface area (Å²) >= 11 is 0. The topological polar surface area (TPSA) is 58.6 Å². The molecule has 1 aromatic carbocycles. The first-order valence-corrected chi connectivity index (χ1v) is 9.37. The van der Waals surface area contributed by atoms with Crippen LogP contribution < -0.4 is 5.32 Å².